The van der Waals surface area contributed by atoms with Crippen LogP contribution in [-0.2, 0) is 9.59 Å². The molecule has 1 aromatic carbocycles. The number of carbonyl (C=O) groups excluding carboxylic acids is 2. The van der Waals surface area contributed by atoms with Crippen molar-refractivity contribution in [2.45, 2.75) is 32.9 Å². The first-order valence-electron chi connectivity index (χ1n) is 9.83. The second kappa shape index (κ2) is 9.74. The van der Waals surface area contributed by atoms with Crippen LogP contribution < -0.4 is 5.32 Å². The summed E-state index contributed by atoms with van der Waals surface area (Å²) in [6, 6.07) is 9.81. The van der Waals surface area contributed by atoms with E-state index in [1.54, 1.807) is 19.3 Å². The number of anilines is 1. The zero-order valence-electron chi connectivity index (χ0n) is 18.3. The maximum absolute atomic E-state index is 12.6. The van der Waals surface area contributed by atoms with Crippen LogP contribution >= 0.6 is 11.8 Å². The van der Waals surface area contributed by atoms with E-state index in [9.17, 15) is 9.59 Å². The lowest BCUT2D eigenvalue weighted by Gasteiger charge is -2.17. The number of rotatable bonds is 7. The summed E-state index contributed by atoms with van der Waals surface area (Å²) in [6.45, 7) is 7.81. The molecule has 9 heteroatoms. The van der Waals surface area contributed by atoms with Crippen molar-refractivity contribution in [3.63, 3.8) is 0 Å². The molecule has 0 aliphatic heterocycles. The van der Waals surface area contributed by atoms with Gasteiger partial charge in [0.2, 0.25) is 11.8 Å². The van der Waals surface area contributed by atoms with E-state index in [-0.39, 0.29) is 24.1 Å². The predicted octanol–water partition coefficient (Wildman–Crippen LogP) is 3.09. The van der Waals surface area contributed by atoms with Crippen LogP contribution in [0.5, 0.6) is 0 Å². The topological polar surface area (TPSA) is 93.0 Å². The molecule has 8 nitrogen and oxygen atoms in total. The molecule has 0 saturated carbocycles. The predicted molar refractivity (Wildman–Crippen MR) is 122 cm³/mol. The number of nitrogens with one attached hydrogen (secondary N) is 1. The lowest BCUT2D eigenvalue weighted by atomic mass is 10.1. The molecule has 0 spiro atoms. The Labute approximate surface area is 186 Å². The van der Waals surface area contributed by atoms with Gasteiger partial charge < -0.3 is 10.2 Å². The largest absolute Gasteiger partial charge is 0.336 e. The summed E-state index contributed by atoms with van der Waals surface area (Å²) >= 11 is 1.30. The van der Waals surface area contributed by atoms with Gasteiger partial charge in [-0.25, -0.2) is 4.98 Å². The summed E-state index contributed by atoms with van der Waals surface area (Å²) in [6.07, 6.45) is 1.63. The second-order valence-electron chi connectivity index (χ2n) is 7.46. The van der Waals surface area contributed by atoms with Crippen LogP contribution in [0.2, 0.25) is 0 Å². The van der Waals surface area contributed by atoms with Crippen molar-refractivity contribution in [3.8, 4) is 5.69 Å². The minimum atomic E-state index is -0.298. The van der Waals surface area contributed by atoms with Crippen molar-refractivity contribution in [2.75, 3.05) is 24.7 Å². The van der Waals surface area contributed by atoms with E-state index < -0.39 is 0 Å². The molecule has 162 valence electrons. The molecular formula is C22H26N6O2S. The molecule has 0 aliphatic rings. The third-order valence-corrected chi connectivity index (χ3v) is 5.63. The molecule has 0 radical (unpaired) electrons. The van der Waals surface area contributed by atoms with Crippen LogP contribution in [0.4, 0.5) is 5.82 Å². The molecule has 0 atom stereocenters. The molecule has 3 rings (SSSR count). The van der Waals surface area contributed by atoms with Gasteiger partial charge in [-0.15, -0.1) is 10.2 Å². The molecule has 1 N–H and O–H groups in total. The van der Waals surface area contributed by atoms with Gasteiger partial charge in [0.05, 0.1) is 18.0 Å². The SMILES string of the molecule is Cc1ccnc(NC(=O)CN(C)C(=O)CSc2nnc(C)n2-c2cc(C)ccc2C)c1. The highest BCUT2D eigenvalue weighted by Crippen LogP contribution is 2.25. The standard InChI is InChI=1S/C22H26N6O2S/c1-14-6-7-16(3)18(10-14)28-17(4)25-26-22(28)31-13-21(30)27(5)12-20(29)24-19-11-15(2)8-9-23-19/h6-11H,12-13H2,1-5H3,(H,23,24,29). The van der Waals surface area contributed by atoms with Crippen molar-refractivity contribution in [1.29, 1.82) is 0 Å². The molecule has 0 bridgehead atoms. The normalized spacial score (nSPS) is 10.7. The van der Waals surface area contributed by atoms with Gasteiger partial charge in [-0.05, 0) is 62.6 Å². The maximum atomic E-state index is 12.6. The van der Waals surface area contributed by atoms with Crippen molar-refractivity contribution >= 4 is 29.4 Å². The second-order valence-corrected chi connectivity index (χ2v) is 8.40. The fourth-order valence-electron chi connectivity index (χ4n) is 3.00. The molecule has 2 amide bonds. The number of nitrogens with zero attached hydrogens (tertiary/aromatic N) is 5. The van der Waals surface area contributed by atoms with Crippen LogP contribution in [0.15, 0.2) is 41.7 Å². The average molecular weight is 439 g/mol. The highest BCUT2D eigenvalue weighted by atomic mass is 32.2. The van der Waals surface area contributed by atoms with Crippen molar-refractivity contribution in [3.05, 3.63) is 59.0 Å². The summed E-state index contributed by atoms with van der Waals surface area (Å²) in [5.74, 6) is 0.897. The molecule has 31 heavy (non-hydrogen) atoms. The van der Waals surface area contributed by atoms with E-state index in [1.807, 2.05) is 38.3 Å². The van der Waals surface area contributed by atoms with E-state index in [4.69, 9.17) is 0 Å². The number of likely N-dealkylation sites (N-methyl/N-ethyl adjacent to an activating group) is 1. The lowest BCUT2D eigenvalue weighted by Crippen LogP contribution is -2.36. The smallest absolute Gasteiger partial charge is 0.245 e. The summed E-state index contributed by atoms with van der Waals surface area (Å²) in [5, 5.41) is 11.8. The van der Waals surface area contributed by atoms with Crippen molar-refractivity contribution in [2.24, 2.45) is 0 Å². The monoisotopic (exact) mass is 438 g/mol. The Morgan fingerprint density at radius 3 is 2.55 bits per heavy atom. The fraction of sp³-hybridized carbons (Fsp3) is 0.318. The van der Waals surface area contributed by atoms with Gasteiger partial charge in [-0.2, -0.15) is 0 Å². The number of amides is 2. The number of pyridine rings is 1. The van der Waals surface area contributed by atoms with Crippen LogP contribution in [0.25, 0.3) is 5.69 Å². The summed E-state index contributed by atoms with van der Waals surface area (Å²) in [7, 11) is 1.60. The first kappa shape index (κ1) is 22.5. The van der Waals surface area contributed by atoms with E-state index in [0.717, 1.165) is 28.2 Å². The van der Waals surface area contributed by atoms with Gasteiger partial charge in [0.25, 0.3) is 0 Å². The highest BCUT2D eigenvalue weighted by Gasteiger charge is 2.18. The van der Waals surface area contributed by atoms with Gasteiger partial charge in [-0.1, -0.05) is 23.9 Å². The number of hydrogen-bond acceptors (Lipinski definition) is 6. The lowest BCUT2D eigenvalue weighted by molar-refractivity contribution is -0.131. The number of hydrogen-bond donors (Lipinski definition) is 1. The number of thioether (sulfide) groups is 1. The zero-order valence-corrected chi connectivity index (χ0v) is 19.2. The van der Waals surface area contributed by atoms with Gasteiger partial charge in [0.1, 0.15) is 11.6 Å². The van der Waals surface area contributed by atoms with Crippen LogP contribution in [0.1, 0.15) is 22.5 Å². The first-order chi connectivity index (χ1) is 14.7. The molecule has 2 aromatic heterocycles. The number of aromatic nitrogens is 4. The molecule has 3 aromatic rings. The number of aryl methyl sites for hydroxylation is 4. The minimum Gasteiger partial charge on any atom is -0.336 e. The summed E-state index contributed by atoms with van der Waals surface area (Å²) in [5.41, 5.74) is 4.22. The Bertz CT molecular complexity index is 1110. The first-order valence-corrected chi connectivity index (χ1v) is 10.8. The molecule has 0 aliphatic carbocycles. The van der Waals surface area contributed by atoms with E-state index >= 15 is 0 Å². The van der Waals surface area contributed by atoms with Gasteiger partial charge >= 0.3 is 0 Å². The number of benzene rings is 1. The van der Waals surface area contributed by atoms with E-state index in [1.165, 1.54) is 16.7 Å². The minimum absolute atomic E-state index is 0.0578. The fourth-order valence-corrected chi connectivity index (χ4v) is 3.93. The van der Waals surface area contributed by atoms with Crippen LogP contribution in [0, 0.1) is 27.7 Å². The average Bonchev–Trinajstić information content (AvgIpc) is 3.08. The molecule has 0 fully saturated rings. The molecule has 0 saturated heterocycles. The third-order valence-electron chi connectivity index (χ3n) is 4.71. The summed E-state index contributed by atoms with van der Waals surface area (Å²) < 4.78 is 1.95. The highest BCUT2D eigenvalue weighted by molar-refractivity contribution is 7.99. The Balaban J connectivity index is 1.62. The Morgan fingerprint density at radius 2 is 1.81 bits per heavy atom. The summed E-state index contributed by atoms with van der Waals surface area (Å²) in [4.78, 5) is 30.3. The van der Waals surface area contributed by atoms with Crippen molar-refractivity contribution < 1.29 is 9.59 Å². The molecular weight excluding hydrogens is 412 g/mol. The van der Waals surface area contributed by atoms with Crippen LogP contribution in [-0.4, -0.2) is 55.8 Å². The van der Waals surface area contributed by atoms with Crippen LogP contribution in [0.3, 0.4) is 0 Å². The van der Waals surface area contributed by atoms with E-state index in [2.05, 4.69) is 38.7 Å². The number of carbonyl (C=O) groups is 2. The van der Waals surface area contributed by atoms with Gasteiger partial charge in [0, 0.05) is 13.2 Å². The Kier molecular flexibility index (Phi) is 7.06. The molecule has 2 heterocycles. The quantitative estimate of drug-likeness (QED) is 0.570. The Hall–Kier alpha value is -3.20. The van der Waals surface area contributed by atoms with E-state index in [0.29, 0.717) is 11.0 Å². The Morgan fingerprint density at radius 1 is 1.06 bits per heavy atom. The zero-order chi connectivity index (χ0) is 22.5. The van der Waals surface area contributed by atoms with Crippen molar-refractivity contribution in [1.82, 2.24) is 24.6 Å². The molecule has 0 unspecified atom stereocenters. The van der Waals surface area contributed by atoms with Gasteiger partial charge in [0.15, 0.2) is 5.16 Å². The third kappa shape index (κ3) is 5.69. The van der Waals surface area contributed by atoms with Gasteiger partial charge in [-0.3, -0.25) is 14.2 Å². The maximum Gasteiger partial charge on any atom is 0.245 e.